The number of hydrogen-bond acceptors (Lipinski definition) is 2. The molecule has 0 heterocycles. The summed E-state index contributed by atoms with van der Waals surface area (Å²) >= 11 is 0. The van der Waals surface area contributed by atoms with Crippen LogP contribution in [-0.2, 0) is 0 Å². The second kappa shape index (κ2) is 8.76. The van der Waals surface area contributed by atoms with Gasteiger partial charge in [0.05, 0.1) is 4.92 Å². The van der Waals surface area contributed by atoms with Gasteiger partial charge in [0.2, 0.25) is 12.6 Å². The second-order valence-electron chi connectivity index (χ2n) is 6.68. The van der Waals surface area contributed by atoms with Crippen molar-refractivity contribution in [3.63, 3.8) is 0 Å². The number of nitro groups is 1. The molecule has 0 aliphatic rings. The summed E-state index contributed by atoms with van der Waals surface area (Å²) in [6, 6.07) is 35.3. The zero-order valence-corrected chi connectivity index (χ0v) is 16.1. The van der Waals surface area contributed by atoms with Gasteiger partial charge in [0.25, 0.3) is 5.69 Å². The van der Waals surface area contributed by atoms with Gasteiger partial charge in [-0.25, -0.2) is 0 Å². The molecule has 0 spiro atoms. The Morgan fingerprint density at radius 2 is 1.33 bits per heavy atom. The van der Waals surface area contributed by atoms with E-state index in [-0.39, 0.29) is 10.6 Å². The summed E-state index contributed by atoms with van der Waals surface area (Å²) in [5, 5.41) is 11.3. The molecule has 0 amide bonds. The summed E-state index contributed by atoms with van der Waals surface area (Å²) in [7, 11) is 0. The Bertz CT molecular complexity index is 1240. The molecule has 144 valence electrons. The molecule has 0 N–H and O–H groups in total. The number of nitrogens with zero attached hydrogens (tertiary/aromatic N) is 2. The molecule has 4 rings (SSSR count). The maximum absolute atomic E-state index is 11.3. The van der Waals surface area contributed by atoms with E-state index in [9.17, 15) is 10.1 Å². The molecule has 4 nitrogen and oxygen atoms in total. The summed E-state index contributed by atoms with van der Waals surface area (Å²) < 4.78 is 0. The van der Waals surface area contributed by atoms with Gasteiger partial charge in [-0.2, -0.15) is 0 Å². The van der Waals surface area contributed by atoms with Crippen LogP contribution in [0.1, 0.15) is 11.1 Å². The van der Waals surface area contributed by atoms with Gasteiger partial charge in [-0.3, -0.25) is 10.1 Å². The third-order valence-corrected chi connectivity index (χ3v) is 4.72. The first-order valence-electron chi connectivity index (χ1n) is 9.50. The number of hydrogen-bond donors (Lipinski definition) is 0. The van der Waals surface area contributed by atoms with E-state index >= 15 is 0 Å². The molecule has 0 atom stereocenters. The van der Waals surface area contributed by atoms with E-state index in [4.69, 9.17) is 0 Å². The molecule has 0 saturated heterocycles. The zero-order valence-electron chi connectivity index (χ0n) is 16.1. The van der Waals surface area contributed by atoms with Gasteiger partial charge in [0.15, 0.2) is 0 Å². The molecule has 0 aromatic heterocycles. The van der Waals surface area contributed by atoms with Crippen LogP contribution in [0.5, 0.6) is 0 Å². The molecule has 4 aromatic carbocycles. The van der Waals surface area contributed by atoms with E-state index in [1.54, 1.807) is 18.7 Å². The zero-order chi connectivity index (χ0) is 20.8. The maximum Gasteiger partial charge on any atom is 0.269 e. The summed E-state index contributed by atoms with van der Waals surface area (Å²) in [6.07, 6.45) is 0. The molecular weight excluding hydrogens is 372 g/mol. The summed E-state index contributed by atoms with van der Waals surface area (Å²) in [4.78, 5) is 15.3. The van der Waals surface area contributed by atoms with E-state index in [2.05, 4.69) is 10.9 Å². The maximum atomic E-state index is 11.3. The average Bonchev–Trinajstić information content (AvgIpc) is 2.80. The lowest BCUT2D eigenvalue weighted by Crippen LogP contribution is -1.93. The van der Waals surface area contributed by atoms with Gasteiger partial charge < -0.3 is 0 Å². The van der Waals surface area contributed by atoms with Crippen LogP contribution in [0.25, 0.3) is 27.1 Å². The van der Waals surface area contributed by atoms with Crippen molar-refractivity contribution in [1.29, 1.82) is 0 Å². The minimum Gasteiger partial charge on any atom is -0.258 e. The molecule has 0 saturated carbocycles. The van der Waals surface area contributed by atoms with E-state index in [0.29, 0.717) is 0 Å². The third-order valence-electron chi connectivity index (χ3n) is 4.72. The number of benzene rings is 4. The molecular formula is C26H18N2O2. The van der Waals surface area contributed by atoms with Crippen molar-refractivity contribution >= 4 is 5.69 Å². The minimum atomic E-state index is -0.380. The highest BCUT2D eigenvalue weighted by atomic mass is 16.6. The fraction of sp³-hybridized carbons (Fsp3) is 0. The molecule has 0 bridgehead atoms. The van der Waals surface area contributed by atoms with Crippen molar-refractivity contribution in [2.24, 2.45) is 0 Å². The fourth-order valence-electron chi connectivity index (χ4n) is 3.30. The van der Waals surface area contributed by atoms with Crippen LogP contribution in [0.3, 0.4) is 0 Å². The Morgan fingerprint density at radius 1 is 0.733 bits per heavy atom. The highest BCUT2D eigenvalue weighted by Crippen LogP contribution is 2.35. The normalized spacial score (nSPS) is 10.0. The van der Waals surface area contributed by atoms with Crippen LogP contribution < -0.4 is 0 Å². The Hall–Kier alpha value is -4.36. The molecule has 0 aliphatic heterocycles. The van der Waals surface area contributed by atoms with Crippen LogP contribution in [-0.4, -0.2) is 4.92 Å². The van der Waals surface area contributed by atoms with Crippen molar-refractivity contribution in [1.82, 2.24) is 0 Å². The Morgan fingerprint density at radius 3 is 2.03 bits per heavy atom. The largest absolute Gasteiger partial charge is 0.269 e. The van der Waals surface area contributed by atoms with Crippen molar-refractivity contribution < 1.29 is 4.92 Å². The summed E-state index contributed by atoms with van der Waals surface area (Å²) in [5.74, 6) is 0. The highest BCUT2D eigenvalue weighted by molar-refractivity contribution is 5.81. The first-order chi connectivity index (χ1) is 14.7. The molecule has 0 fully saturated rings. The second-order valence-corrected chi connectivity index (χ2v) is 6.68. The number of rotatable bonds is 4. The van der Waals surface area contributed by atoms with E-state index in [1.165, 1.54) is 6.07 Å². The van der Waals surface area contributed by atoms with Gasteiger partial charge >= 0.3 is 0 Å². The van der Waals surface area contributed by atoms with Crippen LogP contribution >= 0.6 is 0 Å². The SMILES string of the molecule is O=[N+]([O-])c1cccc(-c2cccc(-c3ccccc3)c2[CH-][N+]#Cc2ccccc2)c1. The molecule has 0 unspecified atom stereocenters. The van der Waals surface area contributed by atoms with Crippen LogP contribution in [0, 0.1) is 22.7 Å². The summed E-state index contributed by atoms with van der Waals surface area (Å²) in [5.41, 5.74) is 5.50. The van der Waals surface area contributed by atoms with Crippen LogP contribution in [0.15, 0.2) is 103 Å². The van der Waals surface area contributed by atoms with Gasteiger partial charge in [-0.1, -0.05) is 119 Å². The first-order valence-corrected chi connectivity index (χ1v) is 9.50. The molecule has 0 aliphatic carbocycles. The standard InChI is InChI=1S/C26H18N2O2/c29-28(30)23-14-7-13-22(17-23)25-16-8-15-24(21-11-5-2-6-12-21)26(25)19-27-18-20-9-3-1-4-10-20/h1-17,19H. The van der Waals surface area contributed by atoms with Crippen molar-refractivity contribution in [3.8, 4) is 28.3 Å². The Balaban J connectivity index is 1.83. The van der Waals surface area contributed by atoms with Gasteiger partial charge in [0, 0.05) is 17.7 Å². The first kappa shape index (κ1) is 19.0. The molecule has 4 aromatic rings. The minimum absolute atomic E-state index is 0.0583. The average molecular weight is 390 g/mol. The number of non-ortho nitro benzene ring substituents is 1. The van der Waals surface area contributed by atoms with E-state index in [0.717, 1.165) is 33.4 Å². The molecule has 4 heteroatoms. The third kappa shape index (κ3) is 4.21. The summed E-state index contributed by atoms with van der Waals surface area (Å²) in [6.45, 7) is 1.77. The van der Waals surface area contributed by atoms with Gasteiger partial charge in [-0.05, 0) is 0 Å². The van der Waals surface area contributed by atoms with Crippen molar-refractivity contribution in [2.75, 3.05) is 0 Å². The monoisotopic (exact) mass is 390 g/mol. The van der Waals surface area contributed by atoms with Gasteiger partial charge in [0.1, 0.15) is 0 Å². The smallest absolute Gasteiger partial charge is 0.258 e. The topological polar surface area (TPSA) is 47.5 Å². The number of nitro benzene ring substituents is 1. The van der Waals surface area contributed by atoms with Crippen molar-refractivity contribution in [3.05, 3.63) is 136 Å². The van der Waals surface area contributed by atoms with Crippen LogP contribution in [0.4, 0.5) is 5.69 Å². The highest BCUT2D eigenvalue weighted by Gasteiger charge is 2.12. The lowest BCUT2D eigenvalue weighted by atomic mass is 9.91. The predicted octanol–water partition coefficient (Wildman–Crippen LogP) is 6.82. The fourth-order valence-corrected chi connectivity index (χ4v) is 3.30. The Kier molecular flexibility index (Phi) is 5.54. The molecule has 30 heavy (non-hydrogen) atoms. The molecule has 0 radical (unpaired) electrons. The van der Waals surface area contributed by atoms with Crippen LogP contribution in [0.2, 0.25) is 0 Å². The Labute approximate surface area is 175 Å². The predicted molar refractivity (Wildman–Crippen MR) is 120 cm³/mol. The quantitative estimate of drug-likeness (QED) is 0.218. The van der Waals surface area contributed by atoms with E-state index < -0.39 is 0 Å². The lowest BCUT2D eigenvalue weighted by Gasteiger charge is -2.17. The lowest BCUT2D eigenvalue weighted by molar-refractivity contribution is -0.384. The van der Waals surface area contributed by atoms with Crippen molar-refractivity contribution in [2.45, 2.75) is 0 Å². The van der Waals surface area contributed by atoms with Gasteiger partial charge in [-0.15, -0.1) is 4.85 Å². The van der Waals surface area contributed by atoms with E-state index in [1.807, 2.05) is 84.9 Å².